The van der Waals surface area contributed by atoms with Crippen LogP contribution >= 0.6 is 23.2 Å². The van der Waals surface area contributed by atoms with Gasteiger partial charge in [-0.2, -0.15) is 18.2 Å². The monoisotopic (exact) mass is 806 g/mol. The van der Waals surface area contributed by atoms with E-state index in [2.05, 4.69) is 10.4 Å². The second kappa shape index (κ2) is 13.1. The normalized spacial score (nSPS) is 25.8. The fourth-order valence-corrected chi connectivity index (χ4v) is 9.25. The van der Waals surface area contributed by atoms with Crippen LogP contribution in [0.15, 0.2) is 90.6 Å². The number of carbonyl (C=O) groups is 5. The molecule has 2 aliphatic carbocycles. The third-order valence-corrected chi connectivity index (χ3v) is 11.8. The molecular formula is C39H27Cl2F3N4O8. The number of rotatable bonds is 6. The van der Waals surface area contributed by atoms with Crippen LogP contribution in [0.4, 0.5) is 24.7 Å². The minimum absolute atomic E-state index is 0.0435. The van der Waals surface area contributed by atoms with Gasteiger partial charge in [-0.3, -0.25) is 24.6 Å². The summed E-state index contributed by atoms with van der Waals surface area (Å²) in [6, 6.07) is 16.1. The van der Waals surface area contributed by atoms with E-state index in [9.17, 15) is 47.7 Å². The summed E-state index contributed by atoms with van der Waals surface area (Å²) in [5.41, 5.74) is 0.518. The molecule has 1 saturated carbocycles. The number of hydrogen-bond acceptors (Lipinski definition) is 9. The number of carboxylic acid groups (broad SMARTS) is 1. The number of nitrogens with one attached hydrogen (secondary N) is 1. The number of halogens is 5. The Morgan fingerprint density at radius 2 is 1.59 bits per heavy atom. The molecule has 17 heteroatoms. The van der Waals surface area contributed by atoms with Gasteiger partial charge in [-0.15, -0.1) is 0 Å². The van der Waals surface area contributed by atoms with Crippen LogP contribution in [0.5, 0.6) is 11.5 Å². The fraction of sp³-hybridized carbons (Fsp3) is 0.231. The molecule has 0 spiro atoms. The average Bonchev–Trinajstić information content (AvgIpc) is 3.53. The Morgan fingerprint density at radius 3 is 2.21 bits per heavy atom. The van der Waals surface area contributed by atoms with Crippen molar-refractivity contribution >= 4 is 64.3 Å². The number of hydrogen-bond donors (Lipinski definition) is 4. The van der Waals surface area contributed by atoms with Crippen LogP contribution in [-0.4, -0.2) is 54.9 Å². The number of carbonyl (C=O) groups excluding carboxylic acids is 4. The molecule has 0 radical (unpaired) electrons. The van der Waals surface area contributed by atoms with Crippen LogP contribution in [0, 0.1) is 23.7 Å². The van der Waals surface area contributed by atoms with Crippen molar-refractivity contribution in [3.05, 3.63) is 123 Å². The van der Waals surface area contributed by atoms with Gasteiger partial charge < -0.3 is 15.3 Å². The summed E-state index contributed by atoms with van der Waals surface area (Å²) in [6.07, 6.45) is -2.60. The summed E-state index contributed by atoms with van der Waals surface area (Å²) >= 11 is 12.5. The minimum atomic E-state index is -4.78. The largest absolute Gasteiger partial charge is 0.508 e. The third-order valence-electron chi connectivity index (χ3n) is 11.3. The first-order valence-corrected chi connectivity index (χ1v) is 17.9. The number of benzene rings is 3. The lowest BCUT2D eigenvalue weighted by atomic mass is 9.49. The summed E-state index contributed by atoms with van der Waals surface area (Å²) in [6.45, 7) is 0. The zero-order valence-electron chi connectivity index (χ0n) is 28.5. The number of alkyl halides is 3. The Kier molecular flexibility index (Phi) is 8.65. The zero-order chi connectivity index (χ0) is 40.0. The van der Waals surface area contributed by atoms with Crippen molar-refractivity contribution in [2.75, 3.05) is 10.3 Å². The van der Waals surface area contributed by atoms with Gasteiger partial charge in [0.15, 0.2) is 5.82 Å². The number of carboxylic acids is 1. The zero-order valence-corrected chi connectivity index (χ0v) is 30.0. The smallest absolute Gasteiger partial charge is 0.417 e. The highest BCUT2D eigenvalue weighted by molar-refractivity contribution is 6.33. The Bertz CT molecular complexity index is 2410. The van der Waals surface area contributed by atoms with Crippen LogP contribution in [0.3, 0.4) is 0 Å². The number of amides is 4. The van der Waals surface area contributed by atoms with Gasteiger partial charge in [-0.1, -0.05) is 59.1 Å². The molecule has 286 valence electrons. The van der Waals surface area contributed by atoms with E-state index in [0.717, 1.165) is 17.0 Å². The highest BCUT2D eigenvalue weighted by Gasteiger charge is 2.70. The van der Waals surface area contributed by atoms with Crippen LogP contribution in [0.2, 0.25) is 10.0 Å². The predicted octanol–water partition coefficient (Wildman–Crippen LogP) is 6.71. The molecule has 3 fully saturated rings. The van der Waals surface area contributed by atoms with Crippen molar-refractivity contribution in [1.29, 1.82) is 0 Å². The minimum Gasteiger partial charge on any atom is -0.508 e. The number of aromatic hydroxyl groups is 2. The Balaban J connectivity index is 1.28. The van der Waals surface area contributed by atoms with Gasteiger partial charge >= 0.3 is 12.1 Å². The molecule has 8 rings (SSSR count). The maximum absolute atomic E-state index is 15.2. The maximum atomic E-state index is 15.2. The molecule has 0 unspecified atom stereocenters. The summed E-state index contributed by atoms with van der Waals surface area (Å²) in [7, 11) is 0. The standard InChI is InChI=1S/C39H27Cl2F3N4O8/c40-20-5-3-18(4-6-20)38-27(34(52)48(37(38)56)46-32-28(41)13-19(16-45-32)39(42,43)44)15-26-23(31(38)17-1-8-22(49)9-2-17)11-12-25-30(26)35(53)47(33(25)51)21-7-10-24(36(54)55)29(50)14-21/h1-11,13-14,16,25-27,30-31,49-50H,12,15H2,(H,45,46)(H,54,55)/t25-,26+,27-,30-,31-,38+/m0/s1. The van der Waals surface area contributed by atoms with Gasteiger partial charge in [0, 0.05) is 23.2 Å². The second-order valence-electron chi connectivity index (χ2n) is 14.0. The van der Waals surface area contributed by atoms with E-state index < -0.39 is 98.5 Å². The van der Waals surface area contributed by atoms with E-state index in [0.29, 0.717) is 39.0 Å². The molecule has 4 aromatic rings. The van der Waals surface area contributed by atoms with Crippen molar-refractivity contribution < 1.29 is 52.5 Å². The number of imide groups is 2. The van der Waals surface area contributed by atoms with Gasteiger partial charge in [0.1, 0.15) is 17.1 Å². The van der Waals surface area contributed by atoms with E-state index in [4.69, 9.17) is 23.2 Å². The van der Waals surface area contributed by atoms with Crippen LogP contribution in [0.1, 0.15) is 45.8 Å². The molecule has 4 aliphatic rings. The number of fused-ring (bicyclic) bond motifs is 4. The summed E-state index contributed by atoms with van der Waals surface area (Å²) in [5.74, 6) is -10.5. The number of aromatic carboxylic acids is 1. The molecule has 2 aliphatic heterocycles. The molecule has 3 aromatic carbocycles. The number of pyridine rings is 1. The molecule has 4 N–H and O–H groups in total. The molecule has 3 heterocycles. The lowest BCUT2D eigenvalue weighted by molar-refractivity contribution is -0.139. The number of nitrogens with zero attached hydrogens (tertiary/aromatic N) is 3. The summed E-state index contributed by atoms with van der Waals surface area (Å²) in [4.78, 5) is 74.6. The number of phenolic OH excluding ortho intramolecular Hbond substituents is 1. The lowest BCUT2D eigenvalue weighted by Gasteiger charge is -2.50. The lowest BCUT2D eigenvalue weighted by Crippen LogP contribution is -2.53. The molecule has 2 saturated heterocycles. The van der Waals surface area contributed by atoms with Crippen LogP contribution in [-0.2, 0) is 30.8 Å². The molecule has 4 amide bonds. The van der Waals surface area contributed by atoms with Gasteiger partial charge in [0.05, 0.1) is 39.4 Å². The predicted molar refractivity (Wildman–Crippen MR) is 193 cm³/mol. The van der Waals surface area contributed by atoms with Crippen LogP contribution in [0.25, 0.3) is 0 Å². The molecule has 12 nitrogen and oxygen atoms in total. The number of allylic oxidation sites excluding steroid dienone is 2. The van der Waals surface area contributed by atoms with Crippen molar-refractivity contribution in [3.8, 4) is 11.5 Å². The molecular weight excluding hydrogens is 780 g/mol. The highest BCUT2D eigenvalue weighted by Crippen LogP contribution is 2.64. The Hall–Kier alpha value is -5.93. The number of phenols is 2. The molecule has 6 atom stereocenters. The maximum Gasteiger partial charge on any atom is 0.417 e. The Morgan fingerprint density at radius 1 is 0.893 bits per heavy atom. The number of anilines is 2. The fourth-order valence-electron chi connectivity index (χ4n) is 8.92. The average molecular weight is 808 g/mol. The topological polar surface area (TPSA) is 177 Å². The summed E-state index contributed by atoms with van der Waals surface area (Å²) < 4.78 is 40.4. The van der Waals surface area contributed by atoms with E-state index in [1.807, 2.05) is 0 Å². The van der Waals surface area contributed by atoms with Gasteiger partial charge in [0.2, 0.25) is 11.8 Å². The number of aromatic nitrogens is 1. The highest BCUT2D eigenvalue weighted by atomic mass is 35.5. The van der Waals surface area contributed by atoms with Gasteiger partial charge in [-0.05, 0) is 72.4 Å². The summed E-state index contributed by atoms with van der Waals surface area (Å²) in [5, 5.41) is 30.6. The van der Waals surface area contributed by atoms with Gasteiger partial charge in [-0.25, -0.2) is 14.7 Å². The van der Waals surface area contributed by atoms with E-state index in [-0.39, 0.29) is 24.3 Å². The van der Waals surface area contributed by atoms with Crippen molar-refractivity contribution in [3.63, 3.8) is 0 Å². The first kappa shape index (κ1) is 37.0. The second-order valence-corrected chi connectivity index (χ2v) is 14.9. The first-order valence-electron chi connectivity index (χ1n) is 17.1. The van der Waals surface area contributed by atoms with E-state index in [1.54, 1.807) is 30.3 Å². The van der Waals surface area contributed by atoms with Crippen molar-refractivity contribution in [1.82, 2.24) is 9.99 Å². The van der Waals surface area contributed by atoms with Crippen molar-refractivity contribution in [2.45, 2.75) is 30.4 Å². The van der Waals surface area contributed by atoms with Gasteiger partial charge in [0.25, 0.3) is 11.8 Å². The SMILES string of the molecule is O=C(O)c1ccc(N2C(=O)[C@H]3[C@H](CC=C4[C@H]3C[C@H]3C(=O)N(Nc5ncc(C(F)(F)F)cc5Cl)C(=O)[C@@]3(c3ccc(Cl)cc3)[C@H]4c3ccc(O)cc3)C2=O)cc1O. The van der Waals surface area contributed by atoms with Crippen LogP contribution < -0.4 is 10.3 Å². The first-order chi connectivity index (χ1) is 26.5. The van der Waals surface area contributed by atoms with E-state index >= 15 is 4.79 Å². The van der Waals surface area contributed by atoms with E-state index in [1.165, 1.54) is 30.3 Å². The van der Waals surface area contributed by atoms with Crippen molar-refractivity contribution in [2.24, 2.45) is 23.7 Å². The molecule has 56 heavy (non-hydrogen) atoms. The molecule has 1 aromatic heterocycles. The number of hydrazine groups is 1. The third kappa shape index (κ3) is 5.51. The molecule has 0 bridgehead atoms. The Labute approximate surface area is 324 Å². The quantitative estimate of drug-likeness (QED) is 0.121.